The van der Waals surface area contributed by atoms with Gasteiger partial charge >= 0.3 is 11.9 Å². The van der Waals surface area contributed by atoms with Crippen molar-refractivity contribution in [2.45, 2.75) is 18.9 Å². The predicted molar refractivity (Wildman–Crippen MR) is 64.0 cm³/mol. The van der Waals surface area contributed by atoms with Crippen LogP contribution in [0.5, 0.6) is 0 Å². The summed E-state index contributed by atoms with van der Waals surface area (Å²) in [6.45, 7) is -0.0204. The molecule has 1 N–H and O–H groups in total. The molecule has 0 aromatic carbocycles. The SMILES string of the molecule is COC(=O)CCCS(=O)(=O)N1CCOC(C(=O)O)C1. The Kier molecular flexibility index (Phi) is 5.70. The number of sulfonamides is 1. The van der Waals surface area contributed by atoms with Crippen LogP contribution in [-0.2, 0) is 29.1 Å². The number of carboxylic acid groups (broad SMARTS) is 1. The van der Waals surface area contributed by atoms with E-state index in [9.17, 15) is 18.0 Å². The van der Waals surface area contributed by atoms with Crippen LogP contribution in [0.15, 0.2) is 0 Å². The highest BCUT2D eigenvalue weighted by Gasteiger charge is 2.32. The number of aliphatic carboxylic acids is 1. The number of methoxy groups -OCH3 is 1. The molecule has 0 radical (unpaired) electrons. The predicted octanol–water partition coefficient (Wildman–Crippen LogP) is -0.945. The van der Waals surface area contributed by atoms with E-state index in [1.165, 1.54) is 7.11 Å². The first kappa shape index (κ1) is 15.9. The smallest absolute Gasteiger partial charge is 0.334 e. The second-order valence-electron chi connectivity index (χ2n) is 4.05. The molecule has 1 aliphatic rings. The van der Waals surface area contributed by atoms with Gasteiger partial charge in [-0.1, -0.05) is 0 Å². The Labute approximate surface area is 111 Å². The lowest BCUT2D eigenvalue weighted by molar-refractivity contribution is -0.153. The number of ether oxygens (including phenoxy) is 2. The Bertz CT molecular complexity index is 433. The third-order valence-electron chi connectivity index (χ3n) is 2.71. The van der Waals surface area contributed by atoms with Crippen molar-refractivity contribution in [2.75, 3.05) is 32.6 Å². The first-order chi connectivity index (χ1) is 8.86. The second kappa shape index (κ2) is 6.83. The number of hydrogen-bond donors (Lipinski definition) is 1. The Morgan fingerprint density at radius 2 is 2.16 bits per heavy atom. The van der Waals surface area contributed by atoms with Crippen molar-refractivity contribution < 1.29 is 32.6 Å². The van der Waals surface area contributed by atoms with Gasteiger partial charge in [0.1, 0.15) is 0 Å². The van der Waals surface area contributed by atoms with Crippen LogP contribution in [0, 0.1) is 0 Å². The molecule has 1 saturated heterocycles. The van der Waals surface area contributed by atoms with Gasteiger partial charge in [-0.2, -0.15) is 4.31 Å². The molecule has 8 nitrogen and oxygen atoms in total. The molecule has 0 bridgehead atoms. The normalized spacial score (nSPS) is 21.0. The molecule has 0 amide bonds. The van der Waals surface area contributed by atoms with Gasteiger partial charge in [0.25, 0.3) is 0 Å². The van der Waals surface area contributed by atoms with E-state index in [1.807, 2.05) is 0 Å². The number of carboxylic acids is 1. The molecule has 1 fully saturated rings. The topological polar surface area (TPSA) is 110 Å². The molecule has 9 heteroatoms. The molecular formula is C10H17NO7S. The average molecular weight is 295 g/mol. The van der Waals surface area contributed by atoms with Crippen molar-refractivity contribution >= 4 is 22.0 Å². The first-order valence-corrected chi connectivity index (χ1v) is 7.37. The largest absolute Gasteiger partial charge is 0.479 e. The maximum Gasteiger partial charge on any atom is 0.334 e. The van der Waals surface area contributed by atoms with E-state index in [-0.39, 0.29) is 38.3 Å². The zero-order chi connectivity index (χ0) is 14.5. The summed E-state index contributed by atoms with van der Waals surface area (Å²) in [4.78, 5) is 21.6. The van der Waals surface area contributed by atoms with E-state index in [0.29, 0.717) is 0 Å². The lowest BCUT2D eigenvalue weighted by atomic mass is 10.3. The fourth-order valence-corrected chi connectivity index (χ4v) is 3.14. The van der Waals surface area contributed by atoms with Crippen LogP contribution in [0.3, 0.4) is 0 Å². The summed E-state index contributed by atoms with van der Waals surface area (Å²) in [7, 11) is -2.34. The molecule has 1 heterocycles. The van der Waals surface area contributed by atoms with Gasteiger partial charge < -0.3 is 14.6 Å². The second-order valence-corrected chi connectivity index (χ2v) is 6.14. The molecule has 0 aromatic rings. The zero-order valence-corrected chi connectivity index (χ0v) is 11.4. The van der Waals surface area contributed by atoms with Gasteiger partial charge in [0.2, 0.25) is 10.0 Å². The van der Waals surface area contributed by atoms with E-state index < -0.39 is 28.1 Å². The summed E-state index contributed by atoms with van der Waals surface area (Å²) >= 11 is 0. The standard InChI is InChI=1S/C10H17NO7S/c1-17-9(12)3-2-6-19(15,16)11-4-5-18-8(7-11)10(13)14/h8H,2-7H2,1H3,(H,13,14). The zero-order valence-electron chi connectivity index (χ0n) is 10.6. The number of nitrogens with zero attached hydrogens (tertiary/aromatic N) is 1. The van der Waals surface area contributed by atoms with Crippen LogP contribution in [-0.4, -0.2) is 68.4 Å². The number of morpholine rings is 1. The van der Waals surface area contributed by atoms with Crippen LogP contribution in [0.4, 0.5) is 0 Å². The van der Waals surface area contributed by atoms with E-state index >= 15 is 0 Å². The molecule has 1 rings (SSSR count). The minimum atomic E-state index is -3.57. The van der Waals surface area contributed by atoms with Gasteiger partial charge in [0.15, 0.2) is 6.10 Å². The maximum absolute atomic E-state index is 11.9. The molecule has 1 unspecified atom stereocenters. The molecule has 1 aliphatic heterocycles. The summed E-state index contributed by atoms with van der Waals surface area (Å²) in [6, 6.07) is 0. The molecule has 1 atom stereocenters. The van der Waals surface area contributed by atoms with Crippen LogP contribution in [0.25, 0.3) is 0 Å². The number of esters is 1. The number of hydrogen-bond acceptors (Lipinski definition) is 6. The van der Waals surface area contributed by atoms with Crippen molar-refractivity contribution in [3.05, 3.63) is 0 Å². The molecule has 0 aromatic heterocycles. The quantitative estimate of drug-likeness (QED) is 0.629. The third kappa shape index (κ3) is 4.77. The Balaban J connectivity index is 2.52. The van der Waals surface area contributed by atoms with E-state index in [4.69, 9.17) is 9.84 Å². The van der Waals surface area contributed by atoms with Crippen molar-refractivity contribution in [3.8, 4) is 0 Å². The van der Waals surface area contributed by atoms with Crippen molar-refractivity contribution in [3.63, 3.8) is 0 Å². The van der Waals surface area contributed by atoms with Gasteiger partial charge in [-0.05, 0) is 6.42 Å². The Morgan fingerprint density at radius 1 is 1.47 bits per heavy atom. The van der Waals surface area contributed by atoms with Crippen LogP contribution in [0.1, 0.15) is 12.8 Å². The number of carbonyl (C=O) groups is 2. The molecule has 110 valence electrons. The lowest BCUT2D eigenvalue weighted by Gasteiger charge is -2.29. The highest BCUT2D eigenvalue weighted by molar-refractivity contribution is 7.89. The lowest BCUT2D eigenvalue weighted by Crippen LogP contribution is -2.49. The minimum Gasteiger partial charge on any atom is -0.479 e. The van der Waals surface area contributed by atoms with Crippen molar-refractivity contribution in [1.29, 1.82) is 0 Å². The fourth-order valence-electron chi connectivity index (χ4n) is 1.66. The maximum atomic E-state index is 11.9. The summed E-state index contributed by atoms with van der Waals surface area (Å²) in [6.07, 6.45) is -0.976. The fraction of sp³-hybridized carbons (Fsp3) is 0.800. The molecule has 0 spiro atoms. The summed E-state index contributed by atoms with van der Waals surface area (Å²) in [5.41, 5.74) is 0. The molecule has 19 heavy (non-hydrogen) atoms. The number of rotatable bonds is 6. The average Bonchev–Trinajstić information content (AvgIpc) is 2.38. The Morgan fingerprint density at radius 3 is 2.74 bits per heavy atom. The van der Waals surface area contributed by atoms with Crippen LogP contribution >= 0.6 is 0 Å². The van der Waals surface area contributed by atoms with Gasteiger partial charge in [-0.3, -0.25) is 4.79 Å². The first-order valence-electron chi connectivity index (χ1n) is 5.76. The molecular weight excluding hydrogens is 278 g/mol. The van der Waals surface area contributed by atoms with Crippen molar-refractivity contribution in [1.82, 2.24) is 4.31 Å². The highest BCUT2D eigenvalue weighted by atomic mass is 32.2. The summed E-state index contributed by atoms with van der Waals surface area (Å²) in [5, 5.41) is 8.79. The van der Waals surface area contributed by atoms with Gasteiger partial charge in [0, 0.05) is 13.0 Å². The number of carbonyl (C=O) groups excluding carboxylic acids is 1. The van der Waals surface area contributed by atoms with Gasteiger partial charge in [-0.15, -0.1) is 0 Å². The van der Waals surface area contributed by atoms with Gasteiger partial charge in [0.05, 0.1) is 26.0 Å². The van der Waals surface area contributed by atoms with Crippen LogP contribution < -0.4 is 0 Å². The van der Waals surface area contributed by atoms with Gasteiger partial charge in [-0.25, -0.2) is 13.2 Å². The van der Waals surface area contributed by atoms with E-state index in [2.05, 4.69) is 4.74 Å². The monoisotopic (exact) mass is 295 g/mol. The van der Waals surface area contributed by atoms with E-state index in [0.717, 1.165) is 4.31 Å². The minimum absolute atomic E-state index is 0.0163. The highest BCUT2D eigenvalue weighted by Crippen LogP contribution is 2.12. The summed E-state index contributed by atoms with van der Waals surface area (Å²) < 4.78 is 34.3. The molecule has 0 aliphatic carbocycles. The van der Waals surface area contributed by atoms with Crippen LogP contribution in [0.2, 0.25) is 0 Å². The van der Waals surface area contributed by atoms with E-state index in [1.54, 1.807) is 0 Å². The summed E-state index contributed by atoms with van der Waals surface area (Å²) in [5.74, 6) is -1.87. The van der Waals surface area contributed by atoms with Crippen molar-refractivity contribution in [2.24, 2.45) is 0 Å². The third-order valence-corrected chi connectivity index (χ3v) is 4.63. The molecule has 0 saturated carbocycles. The Hall–Kier alpha value is -1.19.